The van der Waals surface area contributed by atoms with E-state index in [0.29, 0.717) is 18.4 Å². The van der Waals surface area contributed by atoms with E-state index in [1.807, 2.05) is 0 Å². The fraction of sp³-hybridized carbons (Fsp3) is 0.500. The van der Waals surface area contributed by atoms with Crippen LogP contribution in [0.1, 0.15) is 36.0 Å². The van der Waals surface area contributed by atoms with Crippen molar-refractivity contribution in [3.8, 4) is 0 Å². The molecular formula is C20H25FN4O. The minimum atomic E-state index is -0.198. The molecule has 1 aromatic carbocycles. The Morgan fingerprint density at radius 3 is 2.81 bits per heavy atom. The normalized spacial score (nSPS) is 23.9. The fourth-order valence-electron chi connectivity index (χ4n) is 3.93. The van der Waals surface area contributed by atoms with Gasteiger partial charge in [0.15, 0.2) is 11.6 Å². The second kappa shape index (κ2) is 7.68. The Balaban J connectivity index is 1.39. The molecule has 138 valence electrons. The van der Waals surface area contributed by atoms with E-state index in [0.717, 1.165) is 42.8 Å². The number of halogens is 1. The van der Waals surface area contributed by atoms with E-state index in [2.05, 4.69) is 32.2 Å². The molecule has 1 saturated heterocycles. The van der Waals surface area contributed by atoms with Crippen molar-refractivity contribution in [1.29, 1.82) is 0 Å². The largest absolute Gasteiger partial charge is 0.377 e. The van der Waals surface area contributed by atoms with Crippen LogP contribution in [0.5, 0.6) is 0 Å². The number of nitrogens with zero attached hydrogens (tertiary/aromatic N) is 3. The lowest BCUT2D eigenvalue weighted by Crippen LogP contribution is -2.21. The van der Waals surface area contributed by atoms with Crippen LogP contribution in [0.15, 0.2) is 30.3 Å². The highest BCUT2D eigenvalue weighted by Crippen LogP contribution is 2.46. The van der Waals surface area contributed by atoms with Gasteiger partial charge in [-0.25, -0.2) is 9.37 Å². The Labute approximate surface area is 153 Å². The first-order chi connectivity index (χ1) is 12.7. The summed E-state index contributed by atoms with van der Waals surface area (Å²) in [4.78, 5) is 7.11. The molecule has 1 N–H and O–H groups in total. The van der Waals surface area contributed by atoms with Crippen molar-refractivity contribution in [1.82, 2.24) is 20.1 Å². The van der Waals surface area contributed by atoms with E-state index in [-0.39, 0.29) is 5.82 Å². The average Bonchev–Trinajstić information content (AvgIpc) is 3.23. The molecule has 1 aliphatic heterocycles. The fourth-order valence-corrected chi connectivity index (χ4v) is 3.93. The first-order valence-electron chi connectivity index (χ1n) is 9.27. The predicted molar refractivity (Wildman–Crippen MR) is 97.9 cm³/mol. The van der Waals surface area contributed by atoms with Gasteiger partial charge in [-0.1, -0.05) is 24.3 Å². The summed E-state index contributed by atoms with van der Waals surface area (Å²) in [6.45, 7) is 3.45. The zero-order chi connectivity index (χ0) is 17.9. The number of hydrogen-bond acceptors (Lipinski definition) is 4. The van der Waals surface area contributed by atoms with Crippen LogP contribution < -0.4 is 0 Å². The molecule has 2 atom stereocenters. The Bertz CT molecular complexity index is 753. The minimum Gasteiger partial charge on any atom is -0.377 e. The van der Waals surface area contributed by atoms with Gasteiger partial charge in [-0.2, -0.15) is 5.10 Å². The van der Waals surface area contributed by atoms with Gasteiger partial charge in [0.1, 0.15) is 12.4 Å². The molecule has 1 aliphatic carbocycles. The molecule has 0 spiro atoms. The van der Waals surface area contributed by atoms with E-state index in [1.165, 1.54) is 25.0 Å². The van der Waals surface area contributed by atoms with Gasteiger partial charge in [0, 0.05) is 32.7 Å². The van der Waals surface area contributed by atoms with E-state index in [1.54, 1.807) is 19.2 Å². The third-order valence-corrected chi connectivity index (χ3v) is 5.37. The van der Waals surface area contributed by atoms with Gasteiger partial charge in [0.05, 0.1) is 0 Å². The first kappa shape index (κ1) is 17.4. The Morgan fingerprint density at radius 1 is 1.27 bits per heavy atom. The monoisotopic (exact) mass is 356 g/mol. The summed E-state index contributed by atoms with van der Waals surface area (Å²) in [5, 5.41) is 7.45. The maximum Gasteiger partial charge on any atom is 0.155 e. The van der Waals surface area contributed by atoms with E-state index in [4.69, 9.17) is 4.74 Å². The van der Waals surface area contributed by atoms with E-state index in [9.17, 15) is 4.39 Å². The van der Waals surface area contributed by atoms with Crippen molar-refractivity contribution in [3.05, 3.63) is 53.4 Å². The van der Waals surface area contributed by atoms with Crippen LogP contribution in [0.25, 0.3) is 6.08 Å². The molecule has 1 saturated carbocycles. The minimum absolute atomic E-state index is 0.198. The lowest BCUT2D eigenvalue weighted by molar-refractivity contribution is 0.178. The third-order valence-electron chi connectivity index (χ3n) is 5.37. The molecule has 0 radical (unpaired) electrons. The molecule has 0 amide bonds. The lowest BCUT2D eigenvalue weighted by Gasteiger charge is -2.14. The van der Waals surface area contributed by atoms with E-state index >= 15 is 0 Å². The maximum absolute atomic E-state index is 13.0. The Morgan fingerprint density at radius 2 is 2.08 bits per heavy atom. The molecule has 0 unspecified atom stereocenters. The summed E-state index contributed by atoms with van der Waals surface area (Å²) in [6, 6.07) is 6.60. The molecule has 0 bridgehead atoms. The maximum atomic E-state index is 13.0. The zero-order valence-corrected chi connectivity index (χ0v) is 15.1. The number of ether oxygens (including phenoxy) is 1. The number of nitrogens with one attached hydrogen (secondary N) is 1. The van der Waals surface area contributed by atoms with Crippen LogP contribution in [0.4, 0.5) is 4.39 Å². The Hall–Kier alpha value is -2.05. The van der Waals surface area contributed by atoms with Crippen molar-refractivity contribution < 1.29 is 9.13 Å². The molecule has 2 aromatic rings. The highest BCUT2D eigenvalue weighted by atomic mass is 19.1. The molecule has 5 nitrogen and oxygen atoms in total. The van der Waals surface area contributed by atoms with Crippen molar-refractivity contribution in [2.45, 2.75) is 25.4 Å². The number of H-pyrrole nitrogens is 1. The molecule has 1 aromatic heterocycles. The summed E-state index contributed by atoms with van der Waals surface area (Å²) in [7, 11) is 1.67. The van der Waals surface area contributed by atoms with Gasteiger partial charge in [0.2, 0.25) is 0 Å². The number of rotatable bonds is 7. The number of benzene rings is 1. The molecule has 6 heteroatoms. The van der Waals surface area contributed by atoms with Crippen LogP contribution in [0, 0.1) is 17.7 Å². The van der Waals surface area contributed by atoms with Crippen LogP contribution in [0.2, 0.25) is 0 Å². The van der Waals surface area contributed by atoms with Gasteiger partial charge in [-0.05, 0) is 42.4 Å². The molecular weight excluding hydrogens is 331 g/mol. The molecule has 4 rings (SSSR count). The number of aromatic nitrogens is 3. The van der Waals surface area contributed by atoms with Gasteiger partial charge in [-0.15, -0.1) is 0 Å². The van der Waals surface area contributed by atoms with Crippen LogP contribution in [0.3, 0.4) is 0 Å². The number of aromatic amines is 1. The summed E-state index contributed by atoms with van der Waals surface area (Å²) in [6.07, 6.45) is 6.88. The average molecular weight is 356 g/mol. The zero-order valence-electron chi connectivity index (χ0n) is 15.1. The van der Waals surface area contributed by atoms with Crippen molar-refractivity contribution in [2.24, 2.45) is 11.8 Å². The highest BCUT2D eigenvalue weighted by molar-refractivity contribution is 5.49. The van der Waals surface area contributed by atoms with Crippen LogP contribution in [-0.4, -0.2) is 46.8 Å². The number of methoxy groups -OCH3 is 1. The summed E-state index contributed by atoms with van der Waals surface area (Å²) < 4.78 is 18.1. The van der Waals surface area contributed by atoms with E-state index < -0.39 is 0 Å². The molecule has 2 fully saturated rings. The quantitative estimate of drug-likeness (QED) is 0.828. The van der Waals surface area contributed by atoms with Crippen LogP contribution >= 0.6 is 0 Å². The van der Waals surface area contributed by atoms with Gasteiger partial charge in [-0.3, -0.25) is 10.00 Å². The standard InChI is InChI=1S/C20H25FN4O/c1-26-13-19-22-20(24-23-19)18-12-25(11-17(18)15-6-7-15)10-2-3-14-4-8-16(21)9-5-14/h2-5,8-9,15,17-18H,6-7,10-13H2,1H3,(H,22,23,24)/t17-,18+/m1/s1. The third kappa shape index (κ3) is 4.02. The van der Waals surface area contributed by atoms with Crippen molar-refractivity contribution in [3.63, 3.8) is 0 Å². The Kier molecular flexibility index (Phi) is 5.13. The van der Waals surface area contributed by atoms with Gasteiger partial charge >= 0.3 is 0 Å². The SMILES string of the molecule is COCc1nc([C@H]2CN(CC=Cc3ccc(F)cc3)C[C@@H]2C2CC2)n[nH]1. The van der Waals surface area contributed by atoms with Gasteiger partial charge in [0.25, 0.3) is 0 Å². The number of likely N-dealkylation sites (tertiary alicyclic amines) is 1. The summed E-state index contributed by atoms with van der Waals surface area (Å²) in [5.74, 6) is 3.38. The first-order valence-corrected chi connectivity index (χ1v) is 9.27. The molecule has 26 heavy (non-hydrogen) atoms. The molecule has 2 heterocycles. The smallest absolute Gasteiger partial charge is 0.155 e. The second-order valence-electron chi connectivity index (χ2n) is 7.35. The molecule has 2 aliphatic rings. The van der Waals surface area contributed by atoms with Crippen LogP contribution in [-0.2, 0) is 11.3 Å². The summed E-state index contributed by atoms with van der Waals surface area (Å²) >= 11 is 0. The van der Waals surface area contributed by atoms with Crippen molar-refractivity contribution in [2.75, 3.05) is 26.7 Å². The summed E-state index contributed by atoms with van der Waals surface area (Å²) in [5.41, 5.74) is 1.03. The second-order valence-corrected chi connectivity index (χ2v) is 7.35. The highest BCUT2D eigenvalue weighted by Gasteiger charge is 2.44. The number of hydrogen-bond donors (Lipinski definition) is 1. The lowest BCUT2D eigenvalue weighted by atomic mass is 9.91. The predicted octanol–water partition coefficient (Wildman–Crippen LogP) is 3.23. The topological polar surface area (TPSA) is 54.0 Å². The van der Waals surface area contributed by atoms with Crippen molar-refractivity contribution >= 4 is 6.08 Å². The van der Waals surface area contributed by atoms with Gasteiger partial charge < -0.3 is 4.74 Å².